The predicted octanol–water partition coefficient (Wildman–Crippen LogP) is 4.01. The van der Waals surface area contributed by atoms with E-state index in [2.05, 4.69) is 9.97 Å². The van der Waals surface area contributed by atoms with Gasteiger partial charge in [-0.15, -0.1) is 0 Å². The molecular formula is C22H18FN3O3S2. The molecule has 9 heteroatoms. The number of sulfone groups is 1. The van der Waals surface area contributed by atoms with Crippen LogP contribution in [0.5, 0.6) is 0 Å². The first kappa shape index (κ1) is 21.1. The first-order valence-corrected chi connectivity index (χ1v) is 12.1. The highest BCUT2D eigenvalue weighted by Crippen LogP contribution is 2.31. The Labute approximate surface area is 182 Å². The molecule has 158 valence electrons. The number of amides is 1. The van der Waals surface area contributed by atoms with Gasteiger partial charge in [-0.3, -0.25) is 14.7 Å². The highest BCUT2D eigenvalue weighted by Gasteiger charge is 2.22. The summed E-state index contributed by atoms with van der Waals surface area (Å²) in [6.07, 6.45) is 4.49. The van der Waals surface area contributed by atoms with Crippen LogP contribution in [0.4, 0.5) is 9.52 Å². The molecule has 4 aromatic rings. The van der Waals surface area contributed by atoms with Crippen molar-refractivity contribution in [2.24, 2.45) is 0 Å². The summed E-state index contributed by atoms with van der Waals surface area (Å²) in [5.41, 5.74) is 1.70. The molecule has 2 aromatic heterocycles. The van der Waals surface area contributed by atoms with Crippen molar-refractivity contribution in [3.63, 3.8) is 0 Å². The van der Waals surface area contributed by atoms with E-state index in [9.17, 15) is 17.6 Å². The van der Waals surface area contributed by atoms with Crippen molar-refractivity contribution in [1.82, 2.24) is 9.97 Å². The van der Waals surface area contributed by atoms with Crippen LogP contribution in [-0.2, 0) is 27.6 Å². The van der Waals surface area contributed by atoms with E-state index < -0.39 is 15.7 Å². The van der Waals surface area contributed by atoms with Crippen molar-refractivity contribution in [1.29, 1.82) is 0 Å². The molecule has 0 aliphatic rings. The number of nitrogens with zero attached hydrogens (tertiary/aromatic N) is 3. The first-order chi connectivity index (χ1) is 14.8. The van der Waals surface area contributed by atoms with Gasteiger partial charge < -0.3 is 0 Å². The van der Waals surface area contributed by atoms with Gasteiger partial charge in [-0.2, -0.15) is 0 Å². The lowest BCUT2D eigenvalue weighted by Crippen LogP contribution is -2.31. The average molecular weight is 456 g/mol. The van der Waals surface area contributed by atoms with Gasteiger partial charge in [-0.05, 0) is 41.5 Å². The predicted molar refractivity (Wildman–Crippen MR) is 118 cm³/mol. The summed E-state index contributed by atoms with van der Waals surface area (Å²) in [6, 6.07) is 14.5. The van der Waals surface area contributed by atoms with E-state index in [1.807, 2.05) is 6.07 Å². The quantitative estimate of drug-likeness (QED) is 0.439. The molecule has 0 radical (unpaired) electrons. The molecule has 0 atom stereocenters. The van der Waals surface area contributed by atoms with Gasteiger partial charge in [0, 0.05) is 18.6 Å². The minimum Gasteiger partial charge on any atom is -0.283 e. The molecule has 6 nitrogen and oxygen atoms in total. The van der Waals surface area contributed by atoms with Crippen molar-refractivity contribution in [2.45, 2.75) is 17.9 Å². The minimum absolute atomic E-state index is 0.0444. The molecule has 0 saturated heterocycles. The third-order valence-corrected chi connectivity index (χ3v) is 6.83. The second-order valence-electron chi connectivity index (χ2n) is 7.02. The maximum atomic E-state index is 14.2. The lowest BCUT2D eigenvalue weighted by molar-refractivity contribution is -0.118. The molecule has 0 fully saturated rings. The van der Waals surface area contributed by atoms with E-state index in [1.165, 1.54) is 34.4 Å². The van der Waals surface area contributed by atoms with Crippen LogP contribution in [0, 0.1) is 5.82 Å². The van der Waals surface area contributed by atoms with Crippen molar-refractivity contribution in [3.8, 4) is 0 Å². The van der Waals surface area contributed by atoms with Crippen molar-refractivity contribution in [2.75, 3.05) is 11.2 Å². The Balaban J connectivity index is 1.66. The number of para-hydroxylation sites is 1. The van der Waals surface area contributed by atoms with E-state index in [4.69, 9.17) is 0 Å². The zero-order valence-corrected chi connectivity index (χ0v) is 18.2. The number of fused-ring (bicyclic) bond motifs is 1. The Hall–Kier alpha value is -3.17. The molecule has 0 spiro atoms. The van der Waals surface area contributed by atoms with Crippen LogP contribution in [0.15, 0.2) is 71.9 Å². The van der Waals surface area contributed by atoms with Crippen LogP contribution in [0.25, 0.3) is 10.2 Å². The smallest absolute Gasteiger partial charge is 0.233 e. The fraction of sp³-hybridized carbons (Fsp3) is 0.136. The van der Waals surface area contributed by atoms with Gasteiger partial charge in [0.05, 0.1) is 22.6 Å². The number of thiazole rings is 1. The van der Waals surface area contributed by atoms with Crippen LogP contribution in [-0.4, -0.2) is 30.5 Å². The molecule has 0 saturated carbocycles. The Kier molecular flexibility index (Phi) is 5.79. The Morgan fingerprint density at radius 1 is 1.06 bits per heavy atom. The van der Waals surface area contributed by atoms with E-state index in [-0.39, 0.29) is 29.3 Å². The summed E-state index contributed by atoms with van der Waals surface area (Å²) < 4.78 is 38.1. The lowest BCUT2D eigenvalue weighted by Gasteiger charge is -2.20. The molecule has 0 unspecified atom stereocenters. The maximum absolute atomic E-state index is 14.2. The molecule has 31 heavy (non-hydrogen) atoms. The van der Waals surface area contributed by atoms with Crippen LogP contribution in [0.1, 0.15) is 11.1 Å². The molecular weight excluding hydrogens is 437 g/mol. The standard InChI is InChI=1S/C22H18FN3O3S2/c1-31(28,29)17-9-7-15(8-10-17)12-20(27)26(14-16-4-3-11-24-13-16)22-25-21-18(23)5-2-6-19(21)30-22/h2-11,13H,12,14H2,1H3. The Morgan fingerprint density at radius 2 is 1.84 bits per heavy atom. The number of rotatable bonds is 6. The largest absolute Gasteiger partial charge is 0.283 e. The summed E-state index contributed by atoms with van der Waals surface area (Å²) in [4.78, 5) is 23.4. The van der Waals surface area contributed by atoms with Gasteiger partial charge in [0.1, 0.15) is 11.3 Å². The fourth-order valence-corrected chi connectivity index (χ4v) is 4.71. The Bertz CT molecular complexity index is 1340. The summed E-state index contributed by atoms with van der Waals surface area (Å²) >= 11 is 1.24. The average Bonchev–Trinajstić information content (AvgIpc) is 3.18. The van der Waals surface area contributed by atoms with Gasteiger partial charge >= 0.3 is 0 Å². The third-order valence-electron chi connectivity index (χ3n) is 4.66. The minimum atomic E-state index is -3.31. The summed E-state index contributed by atoms with van der Waals surface area (Å²) in [6.45, 7) is 0.232. The number of hydrogen-bond acceptors (Lipinski definition) is 6. The Morgan fingerprint density at radius 3 is 2.48 bits per heavy atom. The summed E-state index contributed by atoms with van der Waals surface area (Å²) in [5.74, 6) is -0.680. The van der Waals surface area contributed by atoms with Crippen LogP contribution >= 0.6 is 11.3 Å². The van der Waals surface area contributed by atoms with Crippen molar-refractivity contribution in [3.05, 3.63) is 83.9 Å². The summed E-state index contributed by atoms with van der Waals surface area (Å²) in [7, 11) is -3.31. The van der Waals surface area contributed by atoms with Crippen molar-refractivity contribution >= 4 is 42.4 Å². The zero-order valence-electron chi connectivity index (χ0n) is 16.5. The molecule has 0 aliphatic carbocycles. The van der Waals surface area contributed by atoms with Gasteiger partial charge in [0.2, 0.25) is 5.91 Å². The number of anilines is 1. The number of carbonyl (C=O) groups is 1. The van der Waals surface area contributed by atoms with Gasteiger partial charge in [0.25, 0.3) is 0 Å². The van der Waals surface area contributed by atoms with Gasteiger partial charge in [0.15, 0.2) is 15.0 Å². The topological polar surface area (TPSA) is 80.2 Å². The molecule has 2 heterocycles. The monoisotopic (exact) mass is 455 g/mol. The number of aromatic nitrogens is 2. The number of pyridine rings is 1. The van der Waals surface area contributed by atoms with Crippen LogP contribution in [0.2, 0.25) is 0 Å². The second-order valence-corrected chi connectivity index (χ2v) is 10.0. The van der Waals surface area contributed by atoms with Gasteiger partial charge in [-0.1, -0.05) is 35.6 Å². The number of carbonyl (C=O) groups excluding carboxylic acids is 1. The number of halogens is 1. The molecule has 0 bridgehead atoms. The first-order valence-electron chi connectivity index (χ1n) is 9.34. The van der Waals surface area contributed by atoms with E-state index in [0.717, 1.165) is 11.8 Å². The van der Waals surface area contributed by atoms with Gasteiger partial charge in [-0.25, -0.2) is 17.8 Å². The lowest BCUT2D eigenvalue weighted by atomic mass is 10.1. The zero-order chi connectivity index (χ0) is 22.0. The number of benzene rings is 2. The molecule has 1 amide bonds. The van der Waals surface area contributed by atoms with Crippen molar-refractivity contribution < 1.29 is 17.6 Å². The van der Waals surface area contributed by atoms with Crippen LogP contribution in [0.3, 0.4) is 0 Å². The van der Waals surface area contributed by atoms with Crippen LogP contribution < -0.4 is 4.90 Å². The van der Waals surface area contributed by atoms with E-state index >= 15 is 0 Å². The second kappa shape index (κ2) is 8.52. The fourth-order valence-electron chi connectivity index (χ4n) is 3.08. The molecule has 0 aliphatic heterocycles. The maximum Gasteiger partial charge on any atom is 0.233 e. The normalized spacial score (nSPS) is 11.5. The summed E-state index contributed by atoms with van der Waals surface area (Å²) in [5, 5.41) is 0.390. The third kappa shape index (κ3) is 4.78. The molecule has 0 N–H and O–H groups in total. The molecule has 4 rings (SSSR count). The SMILES string of the molecule is CS(=O)(=O)c1ccc(CC(=O)N(Cc2cccnc2)c2nc3c(F)cccc3s2)cc1. The highest BCUT2D eigenvalue weighted by molar-refractivity contribution is 7.90. The number of hydrogen-bond donors (Lipinski definition) is 0. The van der Waals surface area contributed by atoms with E-state index in [1.54, 1.807) is 42.7 Å². The van der Waals surface area contributed by atoms with E-state index in [0.29, 0.717) is 15.4 Å². The molecule has 2 aromatic carbocycles. The highest BCUT2D eigenvalue weighted by atomic mass is 32.2.